The average molecular weight is 482 g/mol. The molecule has 0 bridgehead atoms. The molecule has 1 aliphatic carbocycles. The number of nitrogens with zero attached hydrogens (tertiary/aromatic N) is 4. The molecule has 1 N–H and O–H groups in total. The van der Waals surface area contributed by atoms with Crippen LogP contribution < -0.4 is 10.1 Å². The fourth-order valence-electron chi connectivity index (χ4n) is 4.43. The molecule has 2 amide bonds. The number of ether oxygens (including phenoxy) is 2. The zero-order valence-corrected chi connectivity index (χ0v) is 20.9. The average Bonchev–Trinajstić information content (AvgIpc) is 3.69. The minimum Gasteiger partial charge on any atom is -0.491 e. The van der Waals surface area contributed by atoms with Gasteiger partial charge in [-0.2, -0.15) is 0 Å². The molecule has 0 unspecified atom stereocenters. The zero-order chi connectivity index (χ0) is 24.9. The Morgan fingerprint density at radius 2 is 2.03 bits per heavy atom. The highest BCUT2D eigenvalue weighted by atomic mass is 16.5. The Balaban J connectivity index is 1.60. The van der Waals surface area contributed by atoms with Crippen LogP contribution in [0.25, 0.3) is 0 Å². The summed E-state index contributed by atoms with van der Waals surface area (Å²) < 4.78 is 12.0. The predicted octanol–water partition coefficient (Wildman–Crippen LogP) is 2.94. The molecule has 2 heterocycles. The Hall–Kier alpha value is -3.04. The number of anilines is 1. The Morgan fingerprint density at radius 1 is 1.23 bits per heavy atom. The number of hydrogen-bond acceptors (Lipinski definition) is 7. The molecule has 4 rings (SSSR count). The summed E-state index contributed by atoms with van der Waals surface area (Å²) in [5.74, 6) is 0.919. The van der Waals surface area contributed by atoms with Gasteiger partial charge in [-0.05, 0) is 49.8 Å². The van der Waals surface area contributed by atoms with Crippen molar-refractivity contribution in [1.29, 1.82) is 0 Å². The van der Waals surface area contributed by atoms with Gasteiger partial charge >= 0.3 is 0 Å². The molecule has 3 atom stereocenters. The fraction of sp³-hybridized carbons (Fsp3) is 0.538. The number of benzene rings is 1. The van der Waals surface area contributed by atoms with Crippen molar-refractivity contribution in [3.63, 3.8) is 0 Å². The third kappa shape index (κ3) is 6.35. The van der Waals surface area contributed by atoms with E-state index in [1.165, 1.54) is 31.4 Å². The molecule has 188 valence electrons. The first-order valence-electron chi connectivity index (χ1n) is 12.2. The largest absolute Gasteiger partial charge is 0.491 e. The number of nitrogens with one attached hydrogen (secondary N) is 1. The molecule has 9 nitrogen and oxygen atoms in total. The van der Waals surface area contributed by atoms with Gasteiger partial charge < -0.3 is 19.7 Å². The third-order valence-electron chi connectivity index (χ3n) is 6.82. The van der Waals surface area contributed by atoms with E-state index >= 15 is 0 Å². The number of fused-ring (bicyclic) bond motifs is 1. The summed E-state index contributed by atoms with van der Waals surface area (Å²) in [5, 5.41) is 2.80. The van der Waals surface area contributed by atoms with Crippen molar-refractivity contribution >= 4 is 17.5 Å². The highest BCUT2D eigenvalue weighted by Crippen LogP contribution is 2.32. The number of carbonyl (C=O) groups excluding carboxylic acids is 2. The molecular formula is C26H35N5O4. The lowest BCUT2D eigenvalue weighted by Crippen LogP contribution is -2.47. The highest BCUT2D eigenvalue weighted by Gasteiger charge is 2.31. The summed E-state index contributed by atoms with van der Waals surface area (Å²) in [7, 11) is 3.48. The maximum atomic E-state index is 13.5. The molecular weight excluding hydrogens is 446 g/mol. The number of amides is 2. The second kappa shape index (κ2) is 11.1. The van der Waals surface area contributed by atoms with Crippen LogP contribution in [0.1, 0.15) is 47.5 Å². The minimum absolute atomic E-state index is 0.0961. The molecule has 1 saturated carbocycles. The maximum absolute atomic E-state index is 13.5. The summed E-state index contributed by atoms with van der Waals surface area (Å²) >= 11 is 0. The third-order valence-corrected chi connectivity index (χ3v) is 6.82. The van der Waals surface area contributed by atoms with Crippen molar-refractivity contribution < 1.29 is 19.1 Å². The van der Waals surface area contributed by atoms with E-state index in [1.807, 2.05) is 0 Å². The van der Waals surface area contributed by atoms with E-state index in [4.69, 9.17) is 9.47 Å². The van der Waals surface area contributed by atoms with Crippen LogP contribution >= 0.6 is 0 Å². The second-order valence-corrected chi connectivity index (χ2v) is 9.75. The van der Waals surface area contributed by atoms with Crippen molar-refractivity contribution in [2.24, 2.45) is 11.8 Å². The Bertz CT molecular complexity index is 1030. The van der Waals surface area contributed by atoms with Gasteiger partial charge in [0.15, 0.2) is 0 Å². The van der Waals surface area contributed by atoms with Gasteiger partial charge in [0.25, 0.3) is 11.8 Å². The topological polar surface area (TPSA) is 96.9 Å². The molecule has 2 aromatic rings. The van der Waals surface area contributed by atoms with Crippen molar-refractivity contribution in [2.75, 3.05) is 45.7 Å². The van der Waals surface area contributed by atoms with Gasteiger partial charge in [-0.1, -0.05) is 6.92 Å². The van der Waals surface area contributed by atoms with E-state index in [1.54, 1.807) is 37.3 Å². The number of methoxy groups -OCH3 is 1. The van der Waals surface area contributed by atoms with Gasteiger partial charge in [0.05, 0.1) is 17.9 Å². The molecule has 1 fully saturated rings. The highest BCUT2D eigenvalue weighted by molar-refractivity contribution is 6.04. The number of hydrogen-bond donors (Lipinski definition) is 1. The molecule has 2 aliphatic rings. The molecule has 1 aromatic heterocycles. The SMILES string of the molecule is CO[C@H]1CN(C)C(=O)c2cc(NC(=O)c3cnccn3)ccc2OC[C@H](C)N(CC2CC2)C[C@@H]1C. The van der Waals surface area contributed by atoms with Gasteiger partial charge in [0, 0.05) is 57.9 Å². The van der Waals surface area contributed by atoms with Crippen LogP contribution in [0.4, 0.5) is 5.69 Å². The van der Waals surface area contributed by atoms with E-state index in [-0.39, 0.29) is 29.7 Å². The van der Waals surface area contributed by atoms with E-state index in [0.29, 0.717) is 30.2 Å². The standard InChI is InChI=1S/C26H35N5O4/c1-17-13-31(14-19-5-6-19)18(2)16-35-23-8-7-20(29-25(32)22-12-27-9-10-28-22)11-21(23)26(33)30(3)15-24(17)34-4/h7-12,17-19,24H,5-6,13-16H2,1-4H3,(H,29,32)/t17-,18-,24-/m0/s1. The van der Waals surface area contributed by atoms with Gasteiger partial charge in [0.1, 0.15) is 18.1 Å². The Morgan fingerprint density at radius 3 is 2.71 bits per heavy atom. The van der Waals surface area contributed by atoms with E-state index in [9.17, 15) is 9.59 Å². The lowest BCUT2D eigenvalue weighted by molar-refractivity contribution is 0.00994. The Kier molecular flexibility index (Phi) is 7.97. The summed E-state index contributed by atoms with van der Waals surface area (Å²) in [6.07, 6.45) is 6.84. The molecule has 1 aromatic carbocycles. The van der Waals surface area contributed by atoms with Crippen molar-refractivity contribution in [3.8, 4) is 5.75 Å². The van der Waals surface area contributed by atoms with Crippen LogP contribution in [0.3, 0.4) is 0 Å². The summed E-state index contributed by atoms with van der Waals surface area (Å²) in [6, 6.07) is 5.32. The summed E-state index contributed by atoms with van der Waals surface area (Å²) in [4.78, 5) is 38.2. The van der Waals surface area contributed by atoms with E-state index in [0.717, 1.165) is 19.0 Å². The lowest BCUT2D eigenvalue weighted by Gasteiger charge is -2.36. The first-order valence-corrected chi connectivity index (χ1v) is 12.2. The molecule has 35 heavy (non-hydrogen) atoms. The number of aromatic nitrogens is 2. The van der Waals surface area contributed by atoms with Crippen LogP contribution in [-0.4, -0.2) is 84.1 Å². The van der Waals surface area contributed by atoms with Crippen LogP contribution in [0.2, 0.25) is 0 Å². The molecule has 0 radical (unpaired) electrons. The molecule has 0 saturated heterocycles. The fourth-order valence-corrected chi connectivity index (χ4v) is 4.43. The second-order valence-electron chi connectivity index (χ2n) is 9.75. The zero-order valence-electron chi connectivity index (χ0n) is 20.9. The maximum Gasteiger partial charge on any atom is 0.275 e. The minimum atomic E-state index is -0.398. The molecule has 0 spiro atoms. The quantitative estimate of drug-likeness (QED) is 0.701. The van der Waals surface area contributed by atoms with Crippen LogP contribution in [0, 0.1) is 11.8 Å². The number of carbonyl (C=O) groups is 2. The van der Waals surface area contributed by atoms with Gasteiger partial charge in [0.2, 0.25) is 0 Å². The van der Waals surface area contributed by atoms with Crippen LogP contribution in [0.5, 0.6) is 5.75 Å². The van der Waals surface area contributed by atoms with Crippen molar-refractivity contribution in [1.82, 2.24) is 19.8 Å². The number of rotatable bonds is 5. The van der Waals surface area contributed by atoms with Crippen molar-refractivity contribution in [2.45, 2.75) is 38.8 Å². The van der Waals surface area contributed by atoms with Gasteiger partial charge in [-0.15, -0.1) is 0 Å². The summed E-state index contributed by atoms with van der Waals surface area (Å²) in [5.41, 5.74) is 1.08. The van der Waals surface area contributed by atoms with Crippen LogP contribution in [0.15, 0.2) is 36.8 Å². The van der Waals surface area contributed by atoms with E-state index < -0.39 is 5.91 Å². The molecule has 9 heteroatoms. The first kappa shape index (κ1) is 25.1. The van der Waals surface area contributed by atoms with Gasteiger partial charge in [-0.3, -0.25) is 19.5 Å². The predicted molar refractivity (Wildman–Crippen MR) is 133 cm³/mol. The Labute approximate surface area is 206 Å². The van der Waals surface area contributed by atoms with E-state index in [2.05, 4.69) is 34.0 Å². The first-order chi connectivity index (χ1) is 16.9. The molecule has 1 aliphatic heterocycles. The normalized spacial score (nSPS) is 24.1. The van der Waals surface area contributed by atoms with Crippen LogP contribution in [-0.2, 0) is 4.74 Å². The smallest absolute Gasteiger partial charge is 0.275 e. The monoisotopic (exact) mass is 481 g/mol. The van der Waals surface area contributed by atoms with Gasteiger partial charge in [-0.25, -0.2) is 4.98 Å². The summed E-state index contributed by atoms with van der Waals surface area (Å²) in [6.45, 7) is 7.22. The number of likely N-dealkylation sites (N-methyl/N-ethyl adjacent to an activating group) is 1. The van der Waals surface area contributed by atoms with Crippen molar-refractivity contribution in [3.05, 3.63) is 48.0 Å². The lowest BCUT2D eigenvalue weighted by atomic mass is 10.0.